The lowest BCUT2D eigenvalue weighted by Gasteiger charge is -2.30. The molecule has 260 valence electrons. The first-order valence-corrected chi connectivity index (χ1v) is 20.0. The van der Waals surface area contributed by atoms with E-state index in [1.54, 1.807) is 0 Å². The molecule has 0 saturated carbocycles. The molecule has 0 atom stereocenters. The minimum Gasteiger partial charge on any atom is -0.228 e. The highest BCUT2D eigenvalue weighted by atomic mass is 32.1. The molecule has 12 rings (SSSR count). The summed E-state index contributed by atoms with van der Waals surface area (Å²) in [5, 5.41) is 2.58. The lowest BCUT2D eigenvalue weighted by molar-refractivity contribution is 0.794. The Labute approximate surface area is 329 Å². The van der Waals surface area contributed by atoms with Gasteiger partial charge in [0.05, 0.1) is 16.8 Å². The Morgan fingerprint density at radius 2 is 0.839 bits per heavy atom. The van der Waals surface area contributed by atoms with Crippen molar-refractivity contribution in [2.75, 3.05) is 0 Å². The van der Waals surface area contributed by atoms with Gasteiger partial charge in [0.2, 0.25) is 0 Å². The Hall–Kier alpha value is -6.94. The lowest BCUT2D eigenvalue weighted by atomic mass is 9.70. The number of rotatable bonds is 4. The van der Waals surface area contributed by atoms with Crippen molar-refractivity contribution in [3.05, 3.63) is 216 Å². The number of hydrogen-bond donors (Lipinski definition) is 0. The number of thiophene rings is 1. The second-order valence-electron chi connectivity index (χ2n) is 14.9. The summed E-state index contributed by atoms with van der Waals surface area (Å²) in [5.74, 6) is 0.722. The van der Waals surface area contributed by atoms with Crippen LogP contribution in [0.3, 0.4) is 0 Å². The highest BCUT2D eigenvalue weighted by Crippen LogP contribution is 2.63. The molecule has 10 aromatic rings. The van der Waals surface area contributed by atoms with Crippen LogP contribution >= 0.6 is 11.3 Å². The summed E-state index contributed by atoms with van der Waals surface area (Å²) in [4.78, 5) is 10.3. The zero-order chi connectivity index (χ0) is 36.8. The largest absolute Gasteiger partial charge is 0.228 e. The van der Waals surface area contributed by atoms with E-state index in [9.17, 15) is 0 Å². The summed E-state index contributed by atoms with van der Waals surface area (Å²) in [7, 11) is 0. The highest BCUT2D eigenvalue weighted by Gasteiger charge is 2.51. The van der Waals surface area contributed by atoms with Crippen molar-refractivity contribution in [1.29, 1.82) is 0 Å². The summed E-state index contributed by atoms with van der Waals surface area (Å²) >= 11 is 1.83. The highest BCUT2D eigenvalue weighted by molar-refractivity contribution is 7.25. The molecule has 2 aliphatic rings. The predicted molar refractivity (Wildman–Crippen MR) is 233 cm³/mol. The van der Waals surface area contributed by atoms with Crippen LogP contribution in [0.2, 0.25) is 0 Å². The quantitative estimate of drug-likeness (QED) is 0.180. The zero-order valence-electron chi connectivity index (χ0n) is 30.3. The molecule has 0 unspecified atom stereocenters. The molecule has 1 spiro atoms. The Bertz CT molecular complexity index is 3130. The third kappa shape index (κ3) is 4.49. The first-order valence-electron chi connectivity index (χ1n) is 19.1. The van der Waals surface area contributed by atoms with Gasteiger partial charge in [-0.15, -0.1) is 11.3 Å². The van der Waals surface area contributed by atoms with E-state index >= 15 is 0 Å². The fourth-order valence-electron chi connectivity index (χ4n) is 9.45. The predicted octanol–water partition coefficient (Wildman–Crippen LogP) is 13.9. The fourth-order valence-corrected chi connectivity index (χ4v) is 10.6. The van der Waals surface area contributed by atoms with Crippen molar-refractivity contribution in [3.8, 4) is 67.3 Å². The minimum absolute atomic E-state index is 0.362. The molecular formula is C53H32N2S. The number of aromatic nitrogens is 2. The summed E-state index contributed by atoms with van der Waals surface area (Å²) in [5.41, 5.74) is 17.7. The molecule has 0 radical (unpaired) electrons. The van der Waals surface area contributed by atoms with E-state index in [1.165, 1.54) is 75.8 Å². The monoisotopic (exact) mass is 728 g/mol. The average molecular weight is 729 g/mol. The molecule has 8 aromatic carbocycles. The van der Waals surface area contributed by atoms with Crippen LogP contribution < -0.4 is 0 Å². The number of hydrogen-bond acceptors (Lipinski definition) is 3. The van der Waals surface area contributed by atoms with Crippen molar-refractivity contribution in [1.82, 2.24) is 9.97 Å². The van der Waals surface area contributed by atoms with Crippen molar-refractivity contribution in [3.63, 3.8) is 0 Å². The minimum atomic E-state index is -0.362. The molecule has 0 fully saturated rings. The Morgan fingerprint density at radius 1 is 0.321 bits per heavy atom. The van der Waals surface area contributed by atoms with E-state index < -0.39 is 0 Å². The maximum atomic E-state index is 5.15. The SMILES string of the molecule is c1ccc(-c2nc(-c3ccc(-c4ccc5c(c4)C4(c6ccccc6-c6ccccc64)c4ccccc4-5)cc3)cc(-c3ccc4c(c3)sc3ccccc34)n2)cc1. The van der Waals surface area contributed by atoms with Gasteiger partial charge in [-0.25, -0.2) is 9.97 Å². The second-order valence-corrected chi connectivity index (χ2v) is 15.9. The number of nitrogens with zero attached hydrogens (tertiary/aromatic N) is 2. The molecular weight excluding hydrogens is 697 g/mol. The van der Waals surface area contributed by atoms with Gasteiger partial charge in [0.15, 0.2) is 5.82 Å². The molecule has 0 N–H and O–H groups in total. The molecule has 2 aromatic heterocycles. The van der Waals surface area contributed by atoms with E-state index in [0.29, 0.717) is 0 Å². The first kappa shape index (κ1) is 31.4. The number of benzene rings is 8. The molecule has 0 bridgehead atoms. The molecule has 0 saturated heterocycles. The van der Waals surface area contributed by atoms with Crippen LogP contribution in [0, 0.1) is 0 Å². The average Bonchev–Trinajstić information content (AvgIpc) is 3.90. The number of fused-ring (bicyclic) bond motifs is 13. The third-order valence-electron chi connectivity index (χ3n) is 11.9. The van der Waals surface area contributed by atoms with Gasteiger partial charge < -0.3 is 0 Å². The molecule has 0 amide bonds. The van der Waals surface area contributed by atoms with Gasteiger partial charge in [0, 0.05) is 36.9 Å². The Balaban J connectivity index is 0.975. The molecule has 2 nitrogen and oxygen atoms in total. The van der Waals surface area contributed by atoms with Gasteiger partial charge >= 0.3 is 0 Å². The summed E-state index contributed by atoms with van der Waals surface area (Å²) in [6.45, 7) is 0. The molecule has 0 aliphatic heterocycles. The van der Waals surface area contributed by atoms with Crippen molar-refractivity contribution in [2.24, 2.45) is 0 Å². The van der Waals surface area contributed by atoms with E-state index in [2.05, 4.69) is 176 Å². The van der Waals surface area contributed by atoms with Crippen molar-refractivity contribution < 1.29 is 0 Å². The van der Waals surface area contributed by atoms with Crippen LogP contribution in [0.5, 0.6) is 0 Å². The fraction of sp³-hybridized carbons (Fsp3) is 0.0189. The van der Waals surface area contributed by atoms with Gasteiger partial charge in [-0.05, 0) is 79.9 Å². The molecule has 56 heavy (non-hydrogen) atoms. The van der Waals surface area contributed by atoms with E-state index in [0.717, 1.165) is 33.9 Å². The Morgan fingerprint density at radius 3 is 1.54 bits per heavy atom. The summed E-state index contributed by atoms with van der Waals surface area (Å²) < 4.78 is 2.56. The van der Waals surface area contributed by atoms with Crippen LogP contribution in [0.1, 0.15) is 22.3 Å². The van der Waals surface area contributed by atoms with Crippen molar-refractivity contribution >= 4 is 31.5 Å². The van der Waals surface area contributed by atoms with Gasteiger partial charge in [0.25, 0.3) is 0 Å². The smallest absolute Gasteiger partial charge is 0.160 e. The summed E-state index contributed by atoms with van der Waals surface area (Å²) in [6.07, 6.45) is 0. The van der Waals surface area contributed by atoms with Crippen LogP contribution in [-0.4, -0.2) is 9.97 Å². The first-order chi connectivity index (χ1) is 27.7. The second kappa shape index (κ2) is 12.0. The normalized spacial score (nSPS) is 13.1. The van der Waals surface area contributed by atoms with Crippen LogP contribution in [-0.2, 0) is 5.41 Å². The van der Waals surface area contributed by atoms with E-state index in [1.807, 2.05) is 29.5 Å². The van der Waals surface area contributed by atoms with Gasteiger partial charge in [-0.3, -0.25) is 0 Å². The molecule has 2 aliphatic carbocycles. The molecule has 2 heterocycles. The Kier molecular flexibility index (Phi) is 6.75. The maximum absolute atomic E-state index is 5.15. The maximum Gasteiger partial charge on any atom is 0.160 e. The molecule has 3 heteroatoms. The standard InChI is InChI=1S/C53H32N2S/c1-2-12-35(13-3-1)52-54-48(32-49(55-52)37-27-29-43-42-17-7-11-21-50(42)56-51(43)31-37)34-24-22-33(23-25-34)36-26-28-41-40-16-6-10-20-46(40)53(47(41)30-36)44-18-8-4-14-38(44)39-15-5-9-19-45(39)53/h1-32H. The van der Waals surface area contributed by atoms with E-state index in [-0.39, 0.29) is 5.41 Å². The van der Waals surface area contributed by atoms with Crippen molar-refractivity contribution in [2.45, 2.75) is 5.41 Å². The van der Waals surface area contributed by atoms with Crippen LogP contribution in [0.25, 0.3) is 87.5 Å². The topological polar surface area (TPSA) is 25.8 Å². The van der Waals surface area contributed by atoms with Gasteiger partial charge in [0.1, 0.15) is 0 Å². The summed E-state index contributed by atoms with van der Waals surface area (Å²) in [6, 6.07) is 70.8. The third-order valence-corrected chi connectivity index (χ3v) is 13.1. The van der Waals surface area contributed by atoms with E-state index in [4.69, 9.17) is 9.97 Å². The zero-order valence-corrected chi connectivity index (χ0v) is 31.1. The van der Waals surface area contributed by atoms with Gasteiger partial charge in [-0.2, -0.15) is 0 Å². The van der Waals surface area contributed by atoms with Crippen LogP contribution in [0.15, 0.2) is 194 Å². The van der Waals surface area contributed by atoms with Gasteiger partial charge in [-0.1, -0.05) is 170 Å². The lowest BCUT2D eigenvalue weighted by Crippen LogP contribution is -2.25. The van der Waals surface area contributed by atoms with Crippen LogP contribution in [0.4, 0.5) is 0 Å².